The molecule has 2 N–H and O–H groups in total. The molecular weight excluding hydrogens is 234 g/mol. The van der Waals surface area contributed by atoms with Crippen LogP contribution in [0.5, 0.6) is 0 Å². The largest absolute Gasteiger partial charge is 0.481 e. The van der Waals surface area contributed by atoms with Crippen molar-refractivity contribution in [2.75, 3.05) is 13.7 Å². The van der Waals surface area contributed by atoms with Crippen molar-refractivity contribution < 1.29 is 24.2 Å². The molecule has 1 unspecified atom stereocenters. The molecule has 0 aromatic heterocycles. The first kappa shape index (κ1) is 14.9. The minimum Gasteiger partial charge on any atom is -0.481 e. The van der Waals surface area contributed by atoms with Gasteiger partial charge in [-0.2, -0.15) is 0 Å². The average molecular weight is 249 g/mol. The van der Waals surface area contributed by atoms with Crippen molar-refractivity contribution in [2.24, 2.45) is 0 Å². The van der Waals surface area contributed by atoms with Crippen LogP contribution in [0.25, 0.3) is 0 Å². The number of methoxy groups -OCH3 is 1. The van der Waals surface area contributed by atoms with E-state index in [2.05, 4.69) is 5.32 Å². The van der Waals surface area contributed by atoms with Crippen molar-refractivity contribution in [2.45, 2.75) is 25.2 Å². The number of ether oxygens (including phenoxy) is 1. The number of carboxylic acid groups (broad SMARTS) is 1. The number of thioether (sulfide) groups is 1. The van der Waals surface area contributed by atoms with E-state index in [1.165, 1.54) is 14.0 Å². The van der Waals surface area contributed by atoms with Gasteiger partial charge in [0.25, 0.3) is 0 Å². The third-order valence-corrected chi connectivity index (χ3v) is 2.68. The minimum atomic E-state index is -1.01. The highest BCUT2D eigenvalue weighted by Crippen LogP contribution is 2.15. The lowest BCUT2D eigenvalue weighted by Gasteiger charge is -2.13. The summed E-state index contributed by atoms with van der Waals surface area (Å²) in [6.07, 6.45) is -0.234. The van der Waals surface area contributed by atoms with E-state index < -0.39 is 11.4 Å². The molecule has 0 aromatic carbocycles. The monoisotopic (exact) mass is 249 g/mol. The number of amides is 1. The summed E-state index contributed by atoms with van der Waals surface area (Å²) >= 11 is 0.889. The van der Waals surface area contributed by atoms with Crippen molar-refractivity contribution in [1.29, 1.82) is 0 Å². The average Bonchev–Trinajstić information content (AvgIpc) is 2.20. The number of carbonyl (C=O) groups is 3. The Morgan fingerprint density at radius 3 is 2.44 bits per heavy atom. The highest BCUT2D eigenvalue weighted by atomic mass is 32.2. The zero-order valence-electron chi connectivity index (χ0n) is 9.19. The molecule has 0 aliphatic rings. The number of hydrogen-bond donors (Lipinski definition) is 2. The lowest BCUT2D eigenvalue weighted by Crippen LogP contribution is -2.30. The Hall–Kier alpha value is -1.08. The van der Waals surface area contributed by atoms with Gasteiger partial charge in [-0.15, -0.1) is 0 Å². The second kappa shape index (κ2) is 8.12. The van der Waals surface area contributed by atoms with Gasteiger partial charge in [0.15, 0.2) is 5.12 Å². The van der Waals surface area contributed by atoms with Gasteiger partial charge in [0, 0.05) is 20.5 Å². The molecule has 0 rings (SSSR count). The van der Waals surface area contributed by atoms with Gasteiger partial charge in [0.2, 0.25) is 5.91 Å². The van der Waals surface area contributed by atoms with Gasteiger partial charge in [-0.05, 0) is 0 Å². The maximum atomic E-state index is 11.3. The zero-order chi connectivity index (χ0) is 12.6. The van der Waals surface area contributed by atoms with Gasteiger partial charge in [-0.1, -0.05) is 11.8 Å². The fourth-order valence-electron chi connectivity index (χ4n) is 0.815. The molecule has 0 bridgehead atoms. The number of aliphatic carboxylic acids is 1. The van der Waals surface area contributed by atoms with Crippen LogP contribution in [0.1, 0.15) is 19.8 Å². The van der Waals surface area contributed by atoms with Crippen LogP contribution >= 0.6 is 11.8 Å². The van der Waals surface area contributed by atoms with E-state index in [9.17, 15) is 14.4 Å². The molecular formula is C9H15NO5S. The molecule has 0 aliphatic carbocycles. The summed E-state index contributed by atoms with van der Waals surface area (Å²) in [5, 5.41) is 10.6. The molecule has 7 heteroatoms. The number of hydrogen-bond acceptors (Lipinski definition) is 5. The normalized spacial score (nSPS) is 11.9. The van der Waals surface area contributed by atoms with Crippen LogP contribution in [0, 0.1) is 0 Å². The summed E-state index contributed by atoms with van der Waals surface area (Å²) in [5.41, 5.74) is -0.481. The molecule has 6 nitrogen and oxygen atoms in total. The van der Waals surface area contributed by atoms with Crippen LogP contribution in [0.15, 0.2) is 0 Å². The first-order valence-corrected chi connectivity index (χ1v) is 5.52. The molecule has 92 valence electrons. The van der Waals surface area contributed by atoms with Gasteiger partial charge in [0.1, 0.15) is 5.44 Å². The maximum absolute atomic E-state index is 11.3. The second-order valence-corrected chi connectivity index (χ2v) is 4.20. The Balaban J connectivity index is 3.87. The molecule has 1 amide bonds. The van der Waals surface area contributed by atoms with Gasteiger partial charge >= 0.3 is 5.97 Å². The van der Waals surface area contributed by atoms with E-state index in [1.54, 1.807) is 0 Å². The number of rotatable bonds is 7. The highest BCUT2D eigenvalue weighted by molar-refractivity contribution is 8.14. The smallest absolute Gasteiger partial charge is 0.303 e. The summed E-state index contributed by atoms with van der Waals surface area (Å²) in [7, 11) is 1.42. The topological polar surface area (TPSA) is 92.7 Å². The van der Waals surface area contributed by atoms with E-state index in [0.717, 1.165) is 11.8 Å². The summed E-state index contributed by atoms with van der Waals surface area (Å²) < 4.78 is 4.96. The van der Waals surface area contributed by atoms with Crippen LogP contribution < -0.4 is 5.32 Å². The Bertz CT molecular complexity index is 269. The van der Waals surface area contributed by atoms with Crippen LogP contribution in [-0.4, -0.2) is 41.2 Å². The van der Waals surface area contributed by atoms with Crippen molar-refractivity contribution in [1.82, 2.24) is 5.32 Å². The number of carboxylic acids is 1. The van der Waals surface area contributed by atoms with E-state index in [4.69, 9.17) is 9.84 Å². The molecule has 0 spiro atoms. The molecule has 0 saturated carbocycles. The van der Waals surface area contributed by atoms with Crippen LogP contribution in [-0.2, 0) is 19.1 Å². The Morgan fingerprint density at radius 2 is 2.00 bits per heavy atom. The molecule has 0 aromatic rings. The Morgan fingerprint density at radius 1 is 1.38 bits per heavy atom. The predicted octanol–water partition coefficient (Wildman–Crippen LogP) is 0.220. The van der Waals surface area contributed by atoms with Gasteiger partial charge in [0.05, 0.1) is 13.0 Å². The zero-order valence-corrected chi connectivity index (χ0v) is 10.0. The Kier molecular flexibility index (Phi) is 7.57. The van der Waals surface area contributed by atoms with E-state index in [-0.39, 0.29) is 30.4 Å². The van der Waals surface area contributed by atoms with Crippen molar-refractivity contribution in [3.05, 3.63) is 0 Å². The SMILES string of the molecule is COC(CNC(C)=O)SC(=O)CCC(=O)O. The van der Waals surface area contributed by atoms with Crippen LogP contribution in [0.4, 0.5) is 0 Å². The Labute approximate surface area is 97.7 Å². The second-order valence-electron chi connectivity index (χ2n) is 2.99. The lowest BCUT2D eigenvalue weighted by atomic mass is 10.3. The standard InChI is InChI=1S/C9H15NO5S/c1-6(11)10-5-9(15-2)16-8(14)4-3-7(12)13/h9H,3-5H2,1-2H3,(H,10,11)(H,12,13). The van der Waals surface area contributed by atoms with Crippen molar-refractivity contribution in [3.8, 4) is 0 Å². The summed E-state index contributed by atoms with van der Waals surface area (Å²) in [5.74, 6) is -1.22. The molecule has 16 heavy (non-hydrogen) atoms. The van der Waals surface area contributed by atoms with E-state index >= 15 is 0 Å². The number of nitrogens with one attached hydrogen (secondary N) is 1. The first-order chi connectivity index (χ1) is 7.45. The summed E-state index contributed by atoms with van der Waals surface area (Å²) in [6, 6.07) is 0. The van der Waals surface area contributed by atoms with E-state index in [0.29, 0.717) is 0 Å². The van der Waals surface area contributed by atoms with Crippen LogP contribution in [0.2, 0.25) is 0 Å². The van der Waals surface area contributed by atoms with Gasteiger partial charge in [-0.25, -0.2) is 0 Å². The van der Waals surface area contributed by atoms with Crippen molar-refractivity contribution in [3.63, 3.8) is 0 Å². The fourth-order valence-corrected chi connectivity index (χ4v) is 1.59. The number of carbonyl (C=O) groups excluding carboxylic acids is 2. The van der Waals surface area contributed by atoms with Gasteiger partial charge < -0.3 is 15.2 Å². The first-order valence-electron chi connectivity index (χ1n) is 4.64. The highest BCUT2D eigenvalue weighted by Gasteiger charge is 2.15. The lowest BCUT2D eigenvalue weighted by molar-refractivity contribution is -0.138. The molecule has 0 radical (unpaired) electrons. The molecule has 0 saturated heterocycles. The molecule has 1 atom stereocenters. The summed E-state index contributed by atoms with van der Waals surface area (Å²) in [6.45, 7) is 1.58. The summed E-state index contributed by atoms with van der Waals surface area (Å²) in [4.78, 5) is 32.1. The van der Waals surface area contributed by atoms with Crippen molar-refractivity contribution >= 4 is 28.8 Å². The third-order valence-electron chi connectivity index (χ3n) is 1.59. The molecule has 0 aliphatic heterocycles. The third kappa shape index (κ3) is 8.25. The van der Waals surface area contributed by atoms with E-state index in [1.807, 2.05) is 0 Å². The molecule has 0 fully saturated rings. The predicted molar refractivity (Wildman–Crippen MR) is 58.9 cm³/mol. The van der Waals surface area contributed by atoms with Gasteiger partial charge in [-0.3, -0.25) is 14.4 Å². The minimum absolute atomic E-state index is 0.0417. The maximum Gasteiger partial charge on any atom is 0.303 e. The molecule has 0 heterocycles. The quantitative estimate of drug-likeness (QED) is 0.627. The van der Waals surface area contributed by atoms with Crippen LogP contribution in [0.3, 0.4) is 0 Å². The fraction of sp³-hybridized carbons (Fsp3) is 0.667.